The number of rotatable bonds is 3. The molecule has 2 aliphatic heterocycles. The molecule has 5 atom stereocenters. The number of aliphatic hydroxyl groups excluding tert-OH is 1. The van der Waals surface area contributed by atoms with Crippen molar-refractivity contribution in [2.24, 2.45) is 5.92 Å². The van der Waals surface area contributed by atoms with Crippen LogP contribution in [0, 0.1) is 5.92 Å². The molecule has 154 valence electrons. The Kier molecular flexibility index (Phi) is 4.09. The Bertz CT molecular complexity index is 951. The van der Waals surface area contributed by atoms with Gasteiger partial charge in [0.1, 0.15) is 12.2 Å². The molecule has 4 aliphatic rings. The van der Waals surface area contributed by atoms with E-state index in [4.69, 9.17) is 14.2 Å². The molecule has 1 fully saturated rings. The highest BCUT2D eigenvalue weighted by Gasteiger charge is 2.64. The maximum atomic E-state index is 12.0. The standard InChI is InChI=1S/C23H27NO5/c1-12(22(26)28-4)9-13-10-18(27-3)20-19-14(13)11-16-15-5-6-17(25)21(29-20)23(15,19)7-8-24(16)2/h5-6,9-10,15-17,21,25H,7-8,11H2,1-4H3/b12-9+/t15-,16-,17+,21+,23+/m1/s1. The van der Waals surface area contributed by atoms with Crippen molar-refractivity contribution in [3.8, 4) is 11.5 Å². The van der Waals surface area contributed by atoms with E-state index in [2.05, 4.69) is 18.0 Å². The number of benzene rings is 1. The van der Waals surface area contributed by atoms with Gasteiger partial charge < -0.3 is 24.2 Å². The molecule has 1 spiro atoms. The average molecular weight is 397 g/mol. The Morgan fingerprint density at radius 3 is 2.90 bits per heavy atom. The number of piperidine rings is 1. The molecular weight excluding hydrogens is 370 g/mol. The van der Waals surface area contributed by atoms with Gasteiger partial charge in [0.2, 0.25) is 0 Å². The second-order valence-electron chi connectivity index (χ2n) is 8.65. The molecule has 1 aromatic rings. The summed E-state index contributed by atoms with van der Waals surface area (Å²) in [4.78, 5) is 14.5. The van der Waals surface area contributed by atoms with E-state index in [-0.39, 0.29) is 23.4 Å². The van der Waals surface area contributed by atoms with Crippen LogP contribution in [0.3, 0.4) is 0 Å². The lowest BCUT2D eigenvalue weighted by atomic mass is 9.53. The highest BCUT2D eigenvalue weighted by Crippen LogP contribution is 2.63. The molecule has 6 nitrogen and oxygen atoms in total. The van der Waals surface area contributed by atoms with Crippen LogP contribution in [0.5, 0.6) is 11.5 Å². The number of hydrogen-bond donors (Lipinski definition) is 1. The second-order valence-corrected chi connectivity index (χ2v) is 8.65. The van der Waals surface area contributed by atoms with Crippen LogP contribution < -0.4 is 9.47 Å². The average Bonchev–Trinajstić information content (AvgIpc) is 3.07. The number of hydrogen-bond acceptors (Lipinski definition) is 6. The van der Waals surface area contributed by atoms with Gasteiger partial charge in [-0.3, -0.25) is 0 Å². The summed E-state index contributed by atoms with van der Waals surface area (Å²) in [6.45, 7) is 2.73. The third-order valence-electron chi connectivity index (χ3n) is 7.40. The van der Waals surface area contributed by atoms with Gasteiger partial charge in [-0.1, -0.05) is 12.2 Å². The normalized spacial score (nSPS) is 34.4. The maximum absolute atomic E-state index is 12.0. The smallest absolute Gasteiger partial charge is 0.333 e. The molecule has 1 aromatic carbocycles. The zero-order valence-electron chi connectivity index (χ0n) is 17.3. The summed E-state index contributed by atoms with van der Waals surface area (Å²) < 4.78 is 17.0. The molecule has 2 heterocycles. The minimum atomic E-state index is -0.644. The first-order chi connectivity index (χ1) is 13.9. The minimum Gasteiger partial charge on any atom is -0.493 e. The van der Waals surface area contributed by atoms with Gasteiger partial charge in [-0.2, -0.15) is 0 Å². The third kappa shape index (κ3) is 2.33. The Morgan fingerprint density at radius 2 is 2.17 bits per heavy atom. The van der Waals surface area contributed by atoms with Crippen LogP contribution in [0.25, 0.3) is 6.08 Å². The van der Waals surface area contributed by atoms with Crippen molar-refractivity contribution in [2.45, 2.75) is 43.4 Å². The number of aliphatic hydroxyl groups is 1. The largest absolute Gasteiger partial charge is 0.493 e. The lowest BCUT2D eigenvalue weighted by Gasteiger charge is -2.56. The summed E-state index contributed by atoms with van der Waals surface area (Å²) in [7, 11) is 5.20. The molecule has 0 saturated carbocycles. The lowest BCUT2D eigenvalue weighted by molar-refractivity contribution is -0.135. The van der Waals surface area contributed by atoms with E-state index in [1.54, 1.807) is 14.0 Å². The van der Waals surface area contributed by atoms with Crippen molar-refractivity contribution in [2.75, 3.05) is 27.8 Å². The van der Waals surface area contributed by atoms with Gasteiger partial charge in [-0.25, -0.2) is 4.79 Å². The fourth-order valence-corrected chi connectivity index (χ4v) is 6.07. The second kappa shape index (κ2) is 6.34. The number of likely N-dealkylation sites (tertiary alicyclic amines) is 1. The highest BCUT2D eigenvalue weighted by atomic mass is 16.5. The molecule has 5 rings (SSSR count). The monoisotopic (exact) mass is 397 g/mol. The van der Waals surface area contributed by atoms with Crippen LogP contribution in [-0.4, -0.2) is 62.0 Å². The van der Waals surface area contributed by atoms with Crippen molar-refractivity contribution in [3.63, 3.8) is 0 Å². The molecule has 0 radical (unpaired) electrons. The summed E-state index contributed by atoms with van der Waals surface area (Å²) in [6.07, 6.45) is 6.81. The summed E-state index contributed by atoms with van der Waals surface area (Å²) >= 11 is 0. The van der Waals surface area contributed by atoms with Gasteiger partial charge in [-0.05, 0) is 56.6 Å². The molecule has 6 heteroatoms. The number of likely N-dealkylation sites (N-methyl/N-ethyl adjacent to an activating group) is 1. The SMILES string of the molecule is COC(=O)/C(C)=C/c1cc(OC)c2c3c1C[C@@H]1[C@H]4C=C[C@H](O)[C@H](O2)[C@]34CCN1C. The summed E-state index contributed by atoms with van der Waals surface area (Å²) in [5, 5.41) is 10.8. The number of nitrogens with zero attached hydrogens (tertiary/aromatic N) is 1. The van der Waals surface area contributed by atoms with Gasteiger partial charge >= 0.3 is 5.97 Å². The molecule has 1 N–H and O–H groups in total. The summed E-state index contributed by atoms with van der Waals surface area (Å²) in [5.41, 5.74) is 3.62. The van der Waals surface area contributed by atoms with Crippen LogP contribution in [0.2, 0.25) is 0 Å². The van der Waals surface area contributed by atoms with Crippen LogP contribution in [-0.2, 0) is 21.4 Å². The summed E-state index contributed by atoms with van der Waals surface area (Å²) in [5.74, 6) is 1.36. The minimum absolute atomic E-state index is 0.259. The van der Waals surface area contributed by atoms with Crippen LogP contribution in [0.4, 0.5) is 0 Å². The van der Waals surface area contributed by atoms with E-state index in [1.165, 1.54) is 18.2 Å². The fraction of sp³-hybridized carbons (Fsp3) is 0.522. The molecule has 0 amide bonds. The van der Waals surface area contributed by atoms with Crippen molar-refractivity contribution < 1.29 is 24.1 Å². The van der Waals surface area contributed by atoms with Gasteiger partial charge in [0, 0.05) is 28.5 Å². The molecule has 0 unspecified atom stereocenters. The Labute approximate surface area is 170 Å². The molecule has 2 aliphatic carbocycles. The van der Waals surface area contributed by atoms with Gasteiger partial charge in [0.05, 0.1) is 14.2 Å². The first-order valence-electron chi connectivity index (χ1n) is 10.2. The molecule has 2 bridgehead atoms. The Morgan fingerprint density at radius 1 is 1.38 bits per heavy atom. The zero-order valence-corrected chi connectivity index (χ0v) is 17.3. The van der Waals surface area contributed by atoms with Crippen molar-refractivity contribution in [1.29, 1.82) is 0 Å². The van der Waals surface area contributed by atoms with E-state index in [9.17, 15) is 9.90 Å². The highest BCUT2D eigenvalue weighted by molar-refractivity contribution is 5.93. The molecule has 29 heavy (non-hydrogen) atoms. The number of esters is 1. The van der Waals surface area contributed by atoms with E-state index in [0.29, 0.717) is 17.4 Å². The third-order valence-corrected chi connectivity index (χ3v) is 7.40. The maximum Gasteiger partial charge on any atom is 0.333 e. The lowest BCUT2D eigenvalue weighted by Crippen LogP contribution is -2.64. The molecule has 1 saturated heterocycles. The van der Waals surface area contributed by atoms with Crippen LogP contribution >= 0.6 is 0 Å². The van der Waals surface area contributed by atoms with E-state index in [0.717, 1.165) is 30.7 Å². The van der Waals surface area contributed by atoms with Gasteiger partial charge in [0.25, 0.3) is 0 Å². The number of methoxy groups -OCH3 is 2. The fourth-order valence-electron chi connectivity index (χ4n) is 6.07. The van der Waals surface area contributed by atoms with Crippen LogP contribution in [0.15, 0.2) is 23.8 Å². The first-order valence-corrected chi connectivity index (χ1v) is 10.2. The summed E-state index contributed by atoms with van der Waals surface area (Å²) in [6, 6.07) is 2.28. The molecular formula is C23H27NO5. The number of ether oxygens (including phenoxy) is 3. The van der Waals surface area contributed by atoms with Gasteiger partial charge in [-0.15, -0.1) is 0 Å². The first kappa shape index (κ1) is 18.7. The number of carbonyl (C=O) groups excluding carboxylic acids is 1. The van der Waals surface area contributed by atoms with Crippen LogP contribution in [0.1, 0.15) is 30.0 Å². The van der Waals surface area contributed by atoms with Crippen molar-refractivity contribution >= 4 is 12.0 Å². The van der Waals surface area contributed by atoms with E-state index in [1.807, 2.05) is 18.2 Å². The molecule has 0 aromatic heterocycles. The van der Waals surface area contributed by atoms with Gasteiger partial charge in [0.15, 0.2) is 11.5 Å². The Hall–Kier alpha value is -2.31. The Balaban J connectivity index is 1.79. The predicted molar refractivity (Wildman–Crippen MR) is 108 cm³/mol. The quantitative estimate of drug-likeness (QED) is 0.479. The zero-order chi connectivity index (χ0) is 20.5. The van der Waals surface area contributed by atoms with Crippen molar-refractivity contribution in [3.05, 3.63) is 40.5 Å². The topological polar surface area (TPSA) is 68.2 Å². The van der Waals surface area contributed by atoms with E-state index >= 15 is 0 Å². The predicted octanol–water partition coefficient (Wildman–Crippen LogP) is 2.08. The number of carbonyl (C=O) groups is 1. The van der Waals surface area contributed by atoms with Crippen molar-refractivity contribution in [1.82, 2.24) is 4.90 Å². The van der Waals surface area contributed by atoms with E-state index < -0.39 is 6.10 Å².